The van der Waals surface area contributed by atoms with Gasteiger partial charge in [0.15, 0.2) is 5.82 Å². The van der Waals surface area contributed by atoms with Gasteiger partial charge in [0.1, 0.15) is 17.7 Å². The van der Waals surface area contributed by atoms with Crippen molar-refractivity contribution in [1.29, 1.82) is 0 Å². The fraction of sp³-hybridized carbons (Fsp3) is 0.250. The SMILES string of the molecule is CNc1nc(-c2coc3ccccc23)nc(C(C)C)c1I. The molecule has 0 aliphatic carbocycles. The molecule has 1 aromatic carbocycles. The second-order valence-corrected chi connectivity index (χ2v) is 6.22. The maximum absolute atomic E-state index is 5.61. The lowest BCUT2D eigenvalue weighted by molar-refractivity contribution is 0.616. The summed E-state index contributed by atoms with van der Waals surface area (Å²) in [6, 6.07) is 7.94. The number of hydrogen-bond acceptors (Lipinski definition) is 4. The Bertz CT molecular complexity index is 795. The van der Waals surface area contributed by atoms with E-state index in [0.717, 1.165) is 31.6 Å². The van der Waals surface area contributed by atoms with Crippen LogP contribution in [0.4, 0.5) is 5.82 Å². The zero-order valence-electron chi connectivity index (χ0n) is 12.1. The number of para-hydroxylation sites is 1. The highest BCUT2D eigenvalue weighted by Crippen LogP contribution is 2.32. The summed E-state index contributed by atoms with van der Waals surface area (Å²) in [6.07, 6.45) is 1.73. The van der Waals surface area contributed by atoms with Crippen LogP contribution in [0.5, 0.6) is 0 Å². The number of rotatable bonds is 3. The van der Waals surface area contributed by atoms with Crippen molar-refractivity contribution in [2.75, 3.05) is 12.4 Å². The number of benzene rings is 1. The van der Waals surface area contributed by atoms with Crippen LogP contribution in [0.15, 0.2) is 34.9 Å². The Kier molecular flexibility index (Phi) is 3.84. The van der Waals surface area contributed by atoms with Crippen molar-refractivity contribution < 1.29 is 4.42 Å². The molecule has 1 N–H and O–H groups in total. The third kappa shape index (κ3) is 2.50. The van der Waals surface area contributed by atoms with E-state index >= 15 is 0 Å². The number of fused-ring (bicyclic) bond motifs is 1. The summed E-state index contributed by atoms with van der Waals surface area (Å²) < 4.78 is 6.68. The van der Waals surface area contributed by atoms with Gasteiger partial charge in [-0.1, -0.05) is 32.0 Å². The van der Waals surface area contributed by atoms with Crippen molar-refractivity contribution in [3.8, 4) is 11.4 Å². The molecule has 2 aromatic heterocycles. The van der Waals surface area contributed by atoms with Crippen LogP contribution in [0.3, 0.4) is 0 Å². The van der Waals surface area contributed by atoms with Crippen LogP contribution in [0.2, 0.25) is 0 Å². The monoisotopic (exact) mass is 393 g/mol. The standard InChI is InChI=1S/C16H16IN3O/c1-9(2)14-13(17)16(18-3)20-15(19-14)11-8-21-12-7-5-4-6-10(11)12/h4-9H,1-3H3,(H,18,19,20). The lowest BCUT2D eigenvalue weighted by Crippen LogP contribution is -2.06. The summed E-state index contributed by atoms with van der Waals surface area (Å²) in [5, 5.41) is 4.19. The molecule has 0 bridgehead atoms. The number of anilines is 1. The maximum Gasteiger partial charge on any atom is 0.165 e. The molecule has 0 atom stereocenters. The van der Waals surface area contributed by atoms with E-state index in [9.17, 15) is 0 Å². The molecule has 4 nitrogen and oxygen atoms in total. The van der Waals surface area contributed by atoms with Gasteiger partial charge in [-0.25, -0.2) is 9.97 Å². The van der Waals surface area contributed by atoms with Crippen LogP contribution in [0.1, 0.15) is 25.5 Å². The molecule has 5 heteroatoms. The normalized spacial score (nSPS) is 11.3. The van der Waals surface area contributed by atoms with Gasteiger partial charge in [-0.3, -0.25) is 0 Å². The van der Waals surface area contributed by atoms with Crippen molar-refractivity contribution >= 4 is 39.4 Å². The number of furan rings is 1. The average molecular weight is 393 g/mol. The number of halogens is 1. The largest absolute Gasteiger partial charge is 0.464 e. The van der Waals surface area contributed by atoms with Crippen molar-refractivity contribution in [2.45, 2.75) is 19.8 Å². The summed E-state index contributed by atoms with van der Waals surface area (Å²) in [4.78, 5) is 9.39. The molecule has 2 heterocycles. The maximum atomic E-state index is 5.61. The Morgan fingerprint density at radius 3 is 2.67 bits per heavy atom. The van der Waals surface area contributed by atoms with Gasteiger partial charge in [0.2, 0.25) is 0 Å². The molecule has 0 fully saturated rings. The van der Waals surface area contributed by atoms with Crippen LogP contribution in [0.25, 0.3) is 22.4 Å². The molecule has 0 aliphatic rings. The van der Waals surface area contributed by atoms with Gasteiger partial charge in [0, 0.05) is 12.4 Å². The first-order chi connectivity index (χ1) is 10.1. The molecular weight excluding hydrogens is 377 g/mol. The predicted molar refractivity (Wildman–Crippen MR) is 93.6 cm³/mol. The Hall–Kier alpha value is -1.63. The van der Waals surface area contributed by atoms with Gasteiger partial charge in [0.05, 0.1) is 14.8 Å². The van der Waals surface area contributed by atoms with Crippen molar-refractivity contribution in [1.82, 2.24) is 9.97 Å². The van der Waals surface area contributed by atoms with E-state index in [0.29, 0.717) is 11.7 Å². The van der Waals surface area contributed by atoms with Gasteiger partial charge in [-0.2, -0.15) is 0 Å². The zero-order chi connectivity index (χ0) is 15.0. The van der Waals surface area contributed by atoms with Gasteiger partial charge in [-0.05, 0) is 34.6 Å². The van der Waals surface area contributed by atoms with E-state index in [-0.39, 0.29) is 0 Å². The van der Waals surface area contributed by atoms with Crippen LogP contribution in [-0.4, -0.2) is 17.0 Å². The molecule has 0 saturated heterocycles. The van der Waals surface area contributed by atoms with E-state index in [2.05, 4.69) is 46.7 Å². The van der Waals surface area contributed by atoms with Crippen molar-refractivity contribution in [3.05, 3.63) is 39.8 Å². The van der Waals surface area contributed by atoms with Gasteiger partial charge in [0.25, 0.3) is 0 Å². The quantitative estimate of drug-likeness (QED) is 0.658. The highest BCUT2D eigenvalue weighted by molar-refractivity contribution is 14.1. The second-order valence-electron chi connectivity index (χ2n) is 5.15. The first-order valence-electron chi connectivity index (χ1n) is 6.83. The van der Waals surface area contributed by atoms with E-state index in [1.807, 2.05) is 31.3 Å². The summed E-state index contributed by atoms with van der Waals surface area (Å²) in [5.74, 6) is 1.90. The Balaban J connectivity index is 2.25. The Morgan fingerprint density at radius 2 is 1.95 bits per heavy atom. The average Bonchev–Trinajstić information content (AvgIpc) is 2.91. The fourth-order valence-electron chi connectivity index (χ4n) is 2.28. The molecule has 0 unspecified atom stereocenters. The summed E-state index contributed by atoms with van der Waals surface area (Å²) >= 11 is 2.30. The minimum atomic E-state index is 0.337. The van der Waals surface area contributed by atoms with E-state index < -0.39 is 0 Å². The molecule has 0 aliphatic heterocycles. The first kappa shape index (κ1) is 14.3. The zero-order valence-corrected chi connectivity index (χ0v) is 14.3. The molecule has 21 heavy (non-hydrogen) atoms. The van der Waals surface area contributed by atoms with Crippen LogP contribution in [0, 0.1) is 3.57 Å². The van der Waals surface area contributed by atoms with Crippen LogP contribution in [-0.2, 0) is 0 Å². The minimum Gasteiger partial charge on any atom is -0.464 e. The smallest absolute Gasteiger partial charge is 0.165 e. The van der Waals surface area contributed by atoms with Crippen LogP contribution >= 0.6 is 22.6 Å². The molecule has 108 valence electrons. The second kappa shape index (κ2) is 5.63. The first-order valence-corrected chi connectivity index (χ1v) is 7.91. The number of aromatic nitrogens is 2. The third-order valence-corrected chi connectivity index (χ3v) is 4.45. The fourth-order valence-corrected chi connectivity index (χ4v) is 3.42. The van der Waals surface area contributed by atoms with Crippen molar-refractivity contribution in [3.63, 3.8) is 0 Å². The molecule has 0 saturated carbocycles. The highest BCUT2D eigenvalue weighted by atomic mass is 127. The lowest BCUT2D eigenvalue weighted by Gasteiger charge is -2.13. The predicted octanol–water partition coefficient (Wildman–Crippen LogP) is 4.66. The summed E-state index contributed by atoms with van der Waals surface area (Å²) in [6.45, 7) is 4.28. The molecule has 3 aromatic rings. The lowest BCUT2D eigenvalue weighted by atomic mass is 10.1. The summed E-state index contributed by atoms with van der Waals surface area (Å²) in [5.41, 5.74) is 2.84. The van der Waals surface area contributed by atoms with Crippen LogP contribution < -0.4 is 5.32 Å². The topological polar surface area (TPSA) is 51.0 Å². The van der Waals surface area contributed by atoms with Gasteiger partial charge in [-0.15, -0.1) is 0 Å². The molecule has 0 spiro atoms. The van der Waals surface area contributed by atoms with E-state index in [1.165, 1.54) is 0 Å². The molecular formula is C16H16IN3O. The Morgan fingerprint density at radius 1 is 1.19 bits per heavy atom. The minimum absolute atomic E-state index is 0.337. The molecule has 0 amide bonds. The van der Waals surface area contributed by atoms with E-state index in [4.69, 9.17) is 9.40 Å². The number of nitrogens with zero attached hydrogens (tertiary/aromatic N) is 2. The number of nitrogens with one attached hydrogen (secondary N) is 1. The third-order valence-electron chi connectivity index (χ3n) is 3.38. The molecule has 3 rings (SSSR count). The van der Waals surface area contributed by atoms with Gasteiger partial charge >= 0.3 is 0 Å². The molecule has 0 radical (unpaired) electrons. The Labute approximate surface area is 137 Å². The number of hydrogen-bond donors (Lipinski definition) is 1. The van der Waals surface area contributed by atoms with E-state index in [1.54, 1.807) is 6.26 Å². The highest BCUT2D eigenvalue weighted by Gasteiger charge is 2.17. The van der Waals surface area contributed by atoms with Gasteiger partial charge < -0.3 is 9.73 Å². The van der Waals surface area contributed by atoms with Crippen molar-refractivity contribution in [2.24, 2.45) is 0 Å². The summed E-state index contributed by atoms with van der Waals surface area (Å²) in [7, 11) is 1.88.